The summed E-state index contributed by atoms with van der Waals surface area (Å²) < 4.78 is 1.36. The predicted molar refractivity (Wildman–Crippen MR) is 74.9 cm³/mol. The van der Waals surface area contributed by atoms with Crippen molar-refractivity contribution in [2.45, 2.75) is 19.4 Å². The zero-order valence-corrected chi connectivity index (χ0v) is 12.2. The number of nitrogens with zero attached hydrogens (tertiary/aromatic N) is 4. The minimum atomic E-state index is -0.925. The normalized spacial score (nSPS) is 15.6. The molecule has 20 heavy (non-hydrogen) atoms. The van der Waals surface area contributed by atoms with Crippen LogP contribution in [0.3, 0.4) is 0 Å². The van der Waals surface area contributed by atoms with E-state index in [2.05, 4.69) is 10.4 Å². The second kappa shape index (κ2) is 6.19. The van der Waals surface area contributed by atoms with Gasteiger partial charge in [0, 0.05) is 26.2 Å². The van der Waals surface area contributed by atoms with Gasteiger partial charge in [0.15, 0.2) is 0 Å². The molecule has 1 aliphatic rings. The Labute approximate surface area is 122 Å². The first kappa shape index (κ1) is 16.4. The molecule has 8 nitrogen and oxygen atoms in total. The maximum Gasteiger partial charge on any atom is 0.307 e. The summed E-state index contributed by atoms with van der Waals surface area (Å²) in [5, 5.41) is 17.8. The van der Waals surface area contributed by atoms with E-state index in [1.807, 2.05) is 0 Å². The standard InChI is InChI=1S/C11H17N5O3.ClH/c1-11(2,10(17)14-5-3-12-4-6-14)15-8-9(7-13-15)16(18)19;/h7-8,12H,3-6H2,1-2H3;1H. The summed E-state index contributed by atoms with van der Waals surface area (Å²) in [6, 6.07) is 0. The molecule has 2 heterocycles. The maximum absolute atomic E-state index is 12.5. The van der Waals surface area contributed by atoms with Crippen LogP contribution in [0, 0.1) is 10.1 Å². The molecule has 112 valence electrons. The number of carbonyl (C=O) groups excluding carboxylic acids is 1. The van der Waals surface area contributed by atoms with Crippen molar-refractivity contribution in [2.75, 3.05) is 26.2 Å². The SMILES string of the molecule is CC(C)(C(=O)N1CCNCC1)n1cc([N+](=O)[O-])cn1.Cl. The lowest BCUT2D eigenvalue weighted by Crippen LogP contribution is -2.53. The number of hydrogen-bond acceptors (Lipinski definition) is 5. The number of nitro groups is 1. The highest BCUT2D eigenvalue weighted by atomic mass is 35.5. The van der Waals surface area contributed by atoms with Gasteiger partial charge in [-0.1, -0.05) is 0 Å². The first-order valence-electron chi connectivity index (χ1n) is 6.12. The lowest BCUT2D eigenvalue weighted by atomic mass is 10.0. The van der Waals surface area contributed by atoms with Crippen molar-refractivity contribution in [3.8, 4) is 0 Å². The van der Waals surface area contributed by atoms with E-state index in [1.165, 1.54) is 10.9 Å². The van der Waals surface area contributed by atoms with Crippen LogP contribution in [0.2, 0.25) is 0 Å². The van der Waals surface area contributed by atoms with Crippen LogP contribution >= 0.6 is 12.4 Å². The summed E-state index contributed by atoms with van der Waals surface area (Å²) in [5.74, 6) is -0.0769. The van der Waals surface area contributed by atoms with E-state index in [-0.39, 0.29) is 24.0 Å². The summed E-state index contributed by atoms with van der Waals surface area (Å²) in [6.45, 7) is 6.25. The zero-order valence-electron chi connectivity index (χ0n) is 11.4. The number of rotatable bonds is 3. The van der Waals surface area contributed by atoms with Crippen molar-refractivity contribution in [1.29, 1.82) is 0 Å². The molecule has 0 atom stereocenters. The first-order valence-corrected chi connectivity index (χ1v) is 6.12. The number of hydrogen-bond donors (Lipinski definition) is 1. The lowest BCUT2D eigenvalue weighted by Gasteiger charge is -2.34. The molecular weight excluding hydrogens is 286 g/mol. The molecule has 1 saturated heterocycles. The van der Waals surface area contributed by atoms with Crippen LogP contribution in [0.25, 0.3) is 0 Å². The fourth-order valence-electron chi connectivity index (χ4n) is 2.07. The molecule has 0 bridgehead atoms. The van der Waals surface area contributed by atoms with Gasteiger partial charge in [-0.25, -0.2) is 0 Å². The van der Waals surface area contributed by atoms with Gasteiger partial charge < -0.3 is 10.2 Å². The molecule has 1 N–H and O–H groups in total. The molecule has 1 aromatic rings. The predicted octanol–water partition coefficient (Wildman–Crippen LogP) is 0.380. The highest BCUT2D eigenvalue weighted by Crippen LogP contribution is 2.21. The van der Waals surface area contributed by atoms with E-state index in [1.54, 1.807) is 18.7 Å². The molecule has 0 unspecified atom stereocenters. The Morgan fingerprint density at radius 2 is 2.05 bits per heavy atom. The molecule has 1 amide bonds. The number of piperazine rings is 1. The number of carbonyl (C=O) groups is 1. The van der Waals surface area contributed by atoms with Gasteiger partial charge in [-0.05, 0) is 13.8 Å². The van der Waals surface area contributed by atoms with Crippen LogP contribution in [0.4, 0.5) is 5.69 Å². The molecule has 0 saturated carbocycles. The van der Waals surface area contributed by atoms with Gasteiger partial charge in [-0.2, -0.15) is 5.10 Å². The van der Waals surface area contributed by atoms with E-state index < -0.39 is 10.5 Å². The molecule has 0 aromatic carbocycles. The molecule has 1 aliphatic heterocycles. The zero-order chi connectivity index (χ0) is 14.0. The van der Waals surface area contributed by atoms with Crippen molar-refractivity contribution in [1.82, 2.24) is 20.0 Å². The summed E-state index contributed by atoms with van der Waals surface area (Å²) >= 11 is 0. The minimum Gasteiger partial charge on any atom is -0.338 e. The summed E-state index contributed by atoms with van der Waals surface area (Å²) in [6.07, 6.45) is 2.45. The number of nitrogens with one attached hydrogen (secondary N) is 1. The lowest BCUT2D eigenvalue weighted by molar-refractivity contribution is -0.385. The molecular formula is C11H18ClN5O3. The molecule has 1 aromatic heterocycles. The minimum absolute atomic E-state index is 0. The van der Waals surface area contributed by atoms with Crippen LogP contribution in [0.1, 0.15) is 13.8 Å². The Kier molecular flexibility index (Phi) is 5.07. The number of aromatic nitrogens is 2. The number of halogens is 1. The third-order valence-corrected chi connectivity index (χ3v) is 3.28. The van der Waals surface area contributed by atoms with Crippen molar-refractivity contribution in [2.24, 2.45) is 0 Å². The van der Waals surface area contributed by atoms with Gasteiger partial charge in [-0.3, -0.25) is 19.6 Å². The van der Waals surface area contributed by atoms with E-state index in [4.69, 9.17) is 0 Å². The Morgan fingerprint density at radius 1 is 1.45 bits per heavy atom. The summed E-state index contributed by atoms with van der Waals surface area (Å²) in [5.41, 5.74) is -1.04. The first-order chi connectivity index (χ1) is 8.93. The topological polar surface area (TPSA) is 93.3 Å². The smallest absolute Gasteiger partial charge is 0.307 e. The maximum atomic E-state index is 12.5. The Morgan fingerprint density at radius 3 is 2.55 bits per heavy atom. The molecule has 2 rings (SSSR count). The highest BCUT2D eigenvalue weighted by Gasteiger charge is 2.35. The monoisotopic (exact) mass is 303 g/mol. The van der Waals surface area contributed by atoms with Crippen molar-refractivity contribution in [3.63, 3.8) is 0 Å². The summed E-state index contributed by atoms with van der Waals surface area (Å²) in [7, 11) is 0. The van der Waals surface area contributed by atoms with Gasteiger partial charge >= 0.3 is 5.69 Å². The second-order valence-corrected chi connectivity index (χ2v) is 5.00. The Balaban J connectivity index is 0.00000200. The van der Waals surface area contributed by atoms with Crippen LogP contribution in [0.5, 0.6) is 0 Å². The van der Waals surface area contributed by atoms with Crippen molar-refractivity contribution >= 4 is 24.0 Å². The molecule has 0 spiro atoms. The molecule has 1 fully saturated rings. The quantitative estimate of drug-likeness (QED) is 0.643. The van der Waals surface area contributed by atoms with E-state index in [0.29, 0.717) is 13.1 Å². The van der Waals surface area contributed by atoms with Gasteiger partial charge in [0.05, 0.1) is 4.92 Å². The average molecular weight is 304 g/mol. The fourth-order valence-corrected chi connectivity index (χ4v) is 2.07. The Hall–Kier alpha value is -1.67. The van der Waals surface area contributed by atoms with E-state index in [0.717, 1.165) is 19.3 Å². The van der Waals surface area contributed by atoms with Crippen LogP contribution in [-0.2, 0) is 10.3 Å². The second-order valence-electron chi connectivity index (χ2n) is 5.00. The highest BCUT2D eigenvalue weighted by molar-refractivity contribution is 5.85. The number of amides is 1. The van der Waals surface area contributed by atoms with E-state index >= 15 is 0 Å². The van der Waals surface area contributed by atoms with E-state index in [9.17, 15) is 14.9 Å². The largest absolute Gasteiger partial charge is 0.338 e. The van der Waals surface area contributed by atoms with Gasteiger partial charge in [0.1, 0.15) is 17.9 Å². The van der Waals surface area contributed by atoms with Crippen LogP contribution in [0.15, 0.2) is 12.4 Å². The van der Waals surface area contributed by atoms with Gasteiger partial charge in [-0.15, -0.1) is 12.4 Å². The van der Waals surface area contributed by atoms with Crippen LogP contribution in [-0.4, -0.2) is 51.7 Å². The average Bonchev–Trinajstić information content (AvgIpc) is 2.89. The van der Waals surface area contributed by atoms with Crippen LogP contribution < -0.4 is 5.32 Å². The van der Waals surface area contributed by atoms with Crippen molar-refractivity contribution in [3.05, 3.63) is 22.5 Å². The fraction of sp³-hybridized carbons (Fsp3) is 0.636. The summed E-state index contributed by atoms with van der Waals surface area (Å²) in [4.78, 5) is 24.4. The van der Waals surface area contributed by atoms with Gasteiger partial charge in [0.2, 0.25) is 5.91 Å². The molecule has 9 heteroatoms. The van der Waals surface area contributed by atoms with Gasteiger partial charge in [0.25, 0.3) is 0 Å². The Bertz CT molecular complexity index is 496. The third kappa shape index (κ3) is 3.07. The molecule has 0 aliphatic carbocycles. The van der Waals surface area contributed by atoms with Crippen molar-refractivity contribution < 1.29 is 9.72 Å². The third-order valence-electron chi connectivity index (χ3n) is 3.28. The molecule has 0 radical (unpaired) electrons.